The lowest BCUT2D eigenvalue weighted by atomic mass is 10.1. The van der Waals surface area contributed by atoms with E-state index < -0.39 is 30.7 Å². The summed E-state index contributed by atoms with van der Waals surface area (Å²) in [5.74, 6) is -10.3. The molecule has 1 rings (SSSR count). The molecule has 1 heterocycles. The van der Waals surface area contributed by atoms with Gasteiger partial charge in [0, 0.05) is 0 Å². The Morgan fingerprint density at radius 3 is 2.07 bits per heavy atom. The summed E-state index contributed by atoms with van der Waals surface area (Å²) >= 11 is 0. The minimum absolute atomic E-state index is 2.01. The van der Waals surface area contributed by atoms with E-state index in [1.54, 1.807) is 0 Å². The predicted octanol–water partition coefficient (Wildman–Crippen LogP) is 2.02. The second kappa shape index (κ2) is 2.67. The number of carbonyl (C=O) groups excluding carboxylic acids is 1. The number of halogens is 6. The molecule has 0 aromatic rings. The number of rotatable bonds is 0. The molecular formula is C5H2F6O3. The molecule has 0 bridgehead atoms. The lowest BCUT2D eigenvalue weighted by molar-refractivity contribution is -0.404. The van der Waals surface area contributed by atoms with Gasteiger partial charge in [-0.15, -0.1) is 0 Å². The highest BCUT2D eigenvalue weighted by atomic mass is 19.4. The Bertz CT molecular complexity index is 261. The fourth-order valence-electron chi connectivity index (χ4n) is 0.727. The molecule has 1 aliphatic heterocycles. The Kier molecular flexibility index (Phi) is 2.09. The topological polar surface area (TPSA) is 35.5 Å². The quantitative estimate of drug-likeness (QED) is 0.466. The molecule has 0 saturated carbocycles. The van der Waals surface area contributed by atoms with Gasteiger partial charge in [-0.25, -0.2) is 4.79 Å². The highest BCUT2D eigenvalue weighted by molar-refractivity contribution is 5.61. The standard InChI is InChI=1S/C5H2F6O3/c6-3(7)1-13-2(12)14-4(3,8)5(9,10)11/h1H2/t4-/m0/s1. The Labute approximate surface area is 72.6 Å². The maximum Gasteiger partial charge on any atom is 0.511 e. The molecule has 0 unspecified atom stereocenters. The monoisotopic (exact) mass is 224 g/mol. The molecule has 0 aliphatic carbocycles. The molecule has 1 saturated heterocycles. The van der Waals surface area contributed by atoms with Crippen molar-refractivity contribution in [2.45, 2.75) is 18.0 Å². The second-order valence-corrected chi connectivity index (χ2v) is 2.44. The third kappa shape index (κ3) is 1.36. The van der Waals surface area contributed by atoms with E-state index in [0.717, 1.165) is 0 Å². The van der Waals surface area contributed by atoms with Gasteiger partial charge in [0.25, 0.3) is 0 Å². The predicted molar refractivity (Wildman–Crippen MR) is 27.3 cm³/mol. The number of carbonyl (C=O) groups is 1. The molecule has 1 aliphatic rings. The zero-order valence-electron chi connectivity index (χ0n) is 6.20. The number of hydrogen-bond acceptors (Lipinski definition) is 3. The maximum atomic E-state index is 12.7. The van der Waals surface area contributed by atoms with Gasteiger partial charge in [-0.05, 0) is 0 Å². The van der Waals surface area contributed by atoms with Crippen LogP contribution in [0.3, 0.4) is 0 Å². The van der Waals surface area contributed by atoms with E-state index in [1.165, 1.54) is 0 Å². The van der Waals surface area contributed by atoms with E-state index in [1.807, 2.05) is 0 Å². The third-order valence-corrected chi connectivity index (χ3v) is 1.43. The Balaban J connectivity index is 3.08. The third-order valence-electron chi connectivity index (χ3n) is 1.43. The van der Waals surface area contributed by atoms with Gasteiger partial charge in [-0.2, -0.15) is 26.3 Å². The minimum atomic E-state index is -6.02. The number of cyclic esters (lactones) is 2. The number of alkyl halides is 6. The first-order valence-corrected chi connectivity index (χ1v) is 3.09. The molecule has 0 aromatic heterocycles. The van der Waals surface area contributed by atoms with Crippen LogP contribution in [-0.2, 0) is 9.47 Å². The first kappa shape index (κ1) is 10.9. The van der Waals surface area contributed by atoms with Gasteiger partial charge in [-0.3, -0.25) is 0 Å². The highest BCUT2D eigenvalue weighted by Crippen LogP contribution is 2.48. The Hall–Kier alpha value is -1.15. The van der Waals surface area contributed by atoms with Crippen LogP contribution in [0.15, 0.2) is 0 Å². The average Bonchev–Trinajstić information content (AvgIpc) is 1.96. The molecule has 0 amide bonds. The van der Waals surface area contributed by atoms with E-state index in [9.17, 15) is 31.1 Å². The van der Waals surface area contributed by atoms with Crippen molar-refractivity contribution in [3.63, 3.8) is 0 Å². The van der Waals surface area contributed by atoms with Crippen molar-refractivity contribution in [3.8, 4) is 0 Å². The molecule has 1 atom stereocenters. The van der Waals surface area contributed by atoms with Gasteiger partial charge in [0.2, 0.25) is 0 Å². The van der Waals surface area contributed by atoms with Crippen molar-refractivity contribution in [2.24, 2.45) is 0 Å². The molecule has 9 heteroatoms. The Morgan fingerprint density at radius 2 is 1.71 bits per heavy atom. The van der Waals surface area contributed by atoms with Crippen LogP contribution in [0.25, 0.3) is 0 Å². The van der Waals surface area contributed by atoms with Crippen LogP contribution in [0, 0.1) is 0 Å². The fourth-order valence-corrected chi connectivity index (χ4v) is 0.727. The summed E-state index contributed by atoms with van der Waals surface area (Å²) in [7, 11) is 0. The molecule has 0 spiro atoms. The summed E-state index contributed by atoms with van der Waals surface area (Å²) in [4.78, 5) is 10.1. The first-order chi connectivity index (χ1) is 6.10. The van der Waals surface area contributed by atoms with Crippen molar-refractivity contribution in [1.29, 1.82) is 0 Å². The van der Waals surface area contributed by atoms with Crippen molar-refractivity contribution in [2.75, 3.05) is 6.61 Å². The minimum Gasteiger partial charge on any atom is -0.427 e. The maximum absolute atomic E-state index is 12.7. The summed E-state index contributed by atoms with van der Waals surface area (Å²) in [6, 6.07) is 0. The van der Waals surface area contributed by atoms with Crippen molar-refractivity contribution in [1.82, 2.24) is 0 Å². The fraction of sp³-hybridized carbons (Fsp3) is 0.800. The van der Waals surface area contributed by atoms with Crippen molar-refractivity contribution in [3.05, 3.63) is 0 Å². The first-order valence-electron chi connectivity index (χ1n) is 3.09. The SMILES string of the molecule is O=C1OCC(F)(F)[C@@](F)(C(F)(F)F)O1. The van der Waals surface area contributed by atoms with Crippen molar-refractivity contribution < 1.29 is 40.6 Å². The van der Waals surface area contributed by atoms with Crippen LogP contribution in [-0.4, -0.2) is 30.7 Å². The summed E-state index contributed by atoms with van der Waals surface area (Å²) in [5, 5.41) is 0. The average molecular weight is 224 g/mol. The van der Waals surface area contributed by atoms with E-state index in [4.69, 9.17) is 0 Å². The van der Waals surface area contributed by atoms with Gasteiger partial charge < -0.3 is 9.47 Å². The van der Waals surface area contributed by atoms with E-state index in [-0.39, 0.29) is 0 Å². The molecule has 82 valence electrons. The van der Waals surface area contributed by atoms with Gasteiger partial charge in [0.05, 0.1) is 0 Å². The van der Waals surface area contributed by atoms with Crippen LogP contribution in [0.2, 0.25) is 0 Å². The van der Waals surface area contributed by atoms with Gasteiger partial charge >= 0.3 is 24.1 Å². The molecule has 0 aromatic carbocycles. The smallest absolute Gasteiger partial charge is 0.427 e. The molecular weight excluding hydrogens is 222 g/mol. The zero-order chi connectivity index (χ0) is 11.2. The van der Waals surface area contributed by atoms with E-state index >= 15 is 0 Å². The van der Waals surface area contributed by atoms with Gasteiger partial charge in [0.15, 0.2) is 6.61 Å². The summed E-state index contributed by atoms with van der Waals surface area (Å²) in [6.07, 6.45) is -8.15. The van der Waals surface area contributed by atoms with E-state index in [2.05, 4.69) is 9.47 Å². The van der Waals surface area contributed by atoms with Gasteiger partial charge in [0.1, 0.15) is 0 Å². The number of hydrogen-bond donors (Lipinski definition) is 0. The van der Waals surface area contributed by atoms with Crippen LogP contribution >= 0.6 is 0 Å². The van der Waals surface area contributed by atoms with Crippen LogP contribution in [0.5, 0.6) is 0 Å². The molecule has 0 radical (unpaired) electrons. The number of ether oxygens (including phenoxy) is 2. The van der Waals surface area contributed by atoms with Crippen LogP contribution < -0.4 is 0 Å². The van der Waals surface area contributed by atoms with E-state index in [0.29, 0.717) is 0 Å². The molecule has 1 fully saturated rings. The molecule has 14 heavy (non-hydrogen) atoms. The molecule has 0 N–H and O–H groups in total. The lowest BCUT2D eigenvalue weighted by Gasteiger charge is -2.36. The normalized spacial score (nSPS) is 32.0. The molecule has 3 nitrogen and oxygen atoms in total. The second-order valence-electron chi connectivity index (χ2n) is 2.44. The summed E-state index contributed by atoms with van der Waals surface area (Å²) < 4.78 is 79.3. The van der Waals surface area contributed by atoms with Crippen molar-refractivity contribution >= 4 is 6.16 Å². The summed E-state index contributed by atoms with van der Waals surface area (Å²) in [6.45, 7) is -2.01. The highest BCUT2D eigenvalue weighted by Gasteiger charge is 2.77. The largest absolute Gasteiger partial charge is 0.511 e. The summed E-state index contributed by atoms with van der Waals surface area (Å²) in [5.41, 5.74) is 0. The van der Waals surface area contributed by atoms with Crippen LogP contribution in [0.1, 0.15) is 0 Å². The lowest BCUT2D eigenvalue weighted by Crippen LogP contribution is -2.63. The Morgan fingerprint density at radius 1 is 1.21 bits per heavy atom. The van der Waals surface area contributed by atoms with Crippen LogP contribution in [0.4, 0.5) is 31.1 Å². The zero-order valence-corrected chi connectivity index (χ0v) is 6.20. The van der Waals surface area contributed by atoms with Gasteiger partial charge in [-0.1, -0.05) is 0 Å².